The van der Waals surface area contributed by atoms with Crippen molar-refractivity contribution < 1.29 is 4.74 Å². The number of ether oxygens (including phenoxy) is 1. The molecule has 0 amide bonds. The van der Waals surface area contributed by atoms with Crippen molar-refractivity contribution in [2.24, 2.45) is 4.99 Å². The van der Waals surface area contributed by atoms with E-state index in [9.17, 15) is 0 Å². The predicted octanol–water partition coefficient (Wildman–Crippen LogP) is 3.40. The second-order valence-corrected chi connectivity index (χ2v) is 6.22. The fourth-order valence-corrected chi connectivity index (χ4v) is 2.90. The molecule has 154 valence electrons. The van der Waals surface area contributed by atoms with Gasteiger partial charge >= 0.3 is 0 Å². The first-order valence-electron chi connectivity index (χ1n) is 9.39. The second-order valence-electron chi connectivity index (χ2n) is 6.22. The predicted molar refractivity (Wildman–Crippen MR) is 127 cm³/mol. The number of nitrogens with one attached hydrogen (secondary N) is 3. The van der Waals surface area contributed by atoms with E-state index in [1.807, 2.05) is 30.3 Å². The van der Waals surface area contributed by atoms with Crippen molar-refractivity contribution in [2.75, 3.05) is 20.2 Å². The zero-order valence-electron chi connectivity index (χ0n) is 16.7. The molecule has 3 aromatic rings. The van der Waals surface area contributed by atoms with Crippen molar-refractivity contribution >= 4 is 29.9 Å². The molecule has 0 aliphatic carbocycles. The maximum Gasteiger partial charge on any atom is 0.191 e. The first-order valence-corrected chi connectivity index (χ1v) is 9.39. The molecule has 3 N–H and O–H groups in total. The zero-order chi connectivity index (χ0) is 19.6. The minimum Gasteiger partial charge on any atom is -0.496 e. The molecule has 2 aromatic carbocycles. The topological polar surface area (TPSA) is 87.2 Å². The van der Waals surface area contributed by atoms with Crippen LogP contribution in [0, 0.1) is 0 Å². The normalized spacial score (nSPS) is 10.9. The molecule has 1 heterocycles. The molecule has 3 rings (SSSR count). The third kappa shape index (κ3) is 6.74. The summed E-state index contributed by atoms with van der Waals surface area (Å²) in [7, 11) is 1.70. The molecule has 0 fully saturated rings. The number of aromatic nitrogens is 3. The molecule has 0 aliphatic heterocycles. The van der Waals surface area contributed by atoms with Crippen LogP contribution in [0.2, 0.25) is 0 Å². The van der Waals surface area contributed by atoms with Gasteiger partial charge in [-0.2, -0.15) is 5.10 Å². The van der Waals surface area contributed by atoms with Crippen molar-refractivity contribution in [1.82, 2.24) is 25.8 Å². The molecule has 0 saturated heterocycles. The Balaban J connectivity index is 0.00000300. The van der Waals surface area contributed by atoms with E-state index in [-0.39, 0.29) is 24.0 Å². The molecule has 0 radical (unpaired) electrons. The van der Waals surface area contributed by atoms with Gasteiger partial charge < -0.3 is 15.4 Å². The van der Waals surface area contributed by atoms with Gasteiger partial charge in [-0.25, -0.2) is 9.98 Å². The van der Waals surface area contributed by atoms with Crippen LogP contribution in [0.5, 0.6) is 5.75 Å². The Morgan fingerprint density at radius 1 is 1.14 bits per heavy atom. The molecule has 0 unspecified atom stereocenters. The highest BCUT2D eigenvalue weighted by Gasteiger charge is 2.04. The monoisotopic (exact) mass is 506 g/mol. The smallest absolute Gasteiger partial charge is 0.191 e. The van der Waals surface area contributed by atoms with E-state index in [1.165, 1.54) is 11.9 Å². The number of rotatable bonds is 8. The lowest BCUT2D eigenvalue weighted by Crippen LogP contribution is -2.38. The molecular formula is C21H27IN6O. The largest absolute Gasteiger partial charge is 0.496 e. The highest BCUT2D eigenvalue weighted by atomic mass is 127. The Kier molecular flexibility index (Phi) is 9.42. The number of guanidine groups is 1. The third-order valence-corrected chi connectivity index (χ3v) is 4.26. The molecule has 29 heavy (non-hydrogen) atoms. The summed E-state index contributed by atoms with van der Waals surface area (Å²) >= 11 is 0. The summed E-state index contributed by atoms with van der Waals surface area (Å²) in [6.07, 6.45) is 2.37. The summed E-state index contributed by atoms with van der Waals surface area (Å²) in [5, 5.41) is 13.5. The van der Waals surface area contributed by atoms with Crippen molar-refractivity contribution in [1.29, 1.82) is 0 Å². The van der Waals surface area contributed by atoms with E-state index in [4.69, 9.17) is 9.73 Å². The maximum absolute atomic E-state index is 5.41. The number of H-pyrrole nitrogens is 1. The van der Waals surface area contributed by atoms with Crippen LogP contribution in [-0.4, -0.2) is 41.3 Å². The number of nitrogens with zero attached hydrogens (tertiary/aromatic N) is 3. The van der Waals surface area contributed by atoms with E-state index in [1.54, 1.807) is 7.11 Å². The number of hydrogen-bond acceptors (Lipinski definition) is 4. The molecular weight excluding hydrogens is 479 g/mol. The van der Waals surface area contributed by atoms with Gasteiger partial charge in [0.1, 0.15) is 12.1 Å². The molecule has 0 aliphatic rings. The van der Waals surface area contributed by atoms with Crippen LogP contribution in [0.25, 0.3) is 11.4 Å². The Morgan fingerprint density at radius 3 is 2.76 bits per heavy atom. The van der Waals surface area contributed by atoms with Gasteiger partial charge in [0.2, 0.25) is 0 Å². The van der Waals surface area contributed by atoms with E-state index in [0.29, 0.717) is 6.54 Å². The fourth-order valence-electron chi connectivity index (χ4n) is 2.90. The summed E-state index contributed by atoms with van der Waals surface area (Å²) in [5.41, 5.74) is 3.28. The Bertz CT molecular complexity index is 898. The van der Waals surface area contributed by atoms with Gasteiger partial charge in [0.25, 0.3) is 0 Å². The van der Waals surface area contributed by atoms with E-state index < -0.39 is 0 Å². The molecule has 0 spiro atoms. The third-order valence-electron chi connectivity index (χ3n) is 4.26. The first-order chi connectivity index (χ1) is 13.8. The lowest BCUT2D eigenvalue weighted by Gasteiger charge is -2.13. The molecule has 0 bridgehead atoms. The van der Waals surface area contributed by atoms with Gasteiger partial charge in [-0.1, -0.05) is 36.4 Å². The zero-order valence-corrected chi connectivity index (χ0v) is 19.0. The quantitative estimate of drug-likeness (QED) is 0.248. The summed E-state index contributed by atoms with van der Waals surface area (Å²) in [6, 6.07) is 16.2. The summed E-state index contributed by atoms with van der Waals surface area (Å²) in [6.45, 7) is 4.21. The van der Waals surface area contributed by atoms with Gasteiger partial charge in [-0.15, -0.1) is 24.0 Å². The second kappa shape index (κ2) is 12.1. The SMILES string of the molecule is CCNC(=NCc1cccc(-c2ncn[nH]2)c1)NCCc1ccccc1OC.I. The number of aliphatic imine (C=N–C) groups is 1. The van der Waals surface area contributed by atoms with Gasteiger partial charge in [0.15, 0.2) is 11.8 Å². The van der Waals surface area contributed by atoms with E-state index >= 15 is 0 Å². The summed E-state index contributed by atoms with van der Waals surface area (Å²) in [5.74, 6) is 2.46. The Hall–Kier alpha value is -2.62. The average Bonchev–Trinajstić information content (AvgIpc) is 3.27. The number of benzene rings is 2. The number of halogens is 1. The van der Waals surface area contributed by atoms with E-state index in [0.717, 1.165) is 48.2 Å². The van der Waals surface area contributed by atoms with Crippen molar-refractivity contribution in [3.8, 4) is 17.1 Å². The lowest BCUT2D eigenvalue weighted by molar-refractivity contribution is 0.409. The number of aromatic amines is 1. The van der Waals surface area contributed by atoms with Crippen LogP contribution < -0.4 is 15.4 Å². The Morgan fingerprint density at radius 2 is 2.00 bits per heavy atom. The molecule has 0 atom stereocenters. The molecule has 8 heteroatoms. The minimum absolute atomic E-state index is 0. The summed E-state index contributed by atoms with van der Waals surface area (Å²) in [4.78, 5) is 8.90. The molecule has 7 nitrogen and oxygen atoms in total. The van der Waals surface area contributed by atoms with Crippen LogP contribution in [0.1, 0.15) is 18.1 Å². The Labute approximate surface area is 188 Å². The van der Waals surface area contributed by atoms with Gasteiger partial charge in [-0.05, 0) is 36.6 Å². The van der Waals surface area contributed by atoms with Crippen LogP contribution in [0.4, 0.5) is 0 Å². The van der Waals surface area contributed by atoms with Gasteiger partial charge in [0.05, 0.1) is 13.7 Å². The molecule has 1 aromatic heterocycles. The van der Waals surface area contributed by atoms with Gasteiger partial charge in [0, 0.05) is 18.7 Å². The average molecular weight is 506 g/mol. The highest BCUT2D eigenvalue weighted by Crippen LogP contribution is 2.17. The number of para-hydroxylation sites is 1. The van der Waals surface area contributed by atoms with Crippen LogP contribution in [0.3, 0.4) is 0 Å². The van der Waals surface area contributed by atoms with Crippen LogP contribution >= 0.6 is 24.0 Å². The molecule has 0 saturated carbocycles. The first kappa shape index (κ1) is 22.7. The van der Waals surface area contributed by atoms with Crippen LogP contribution in [-0.2, 0) is 13.0 Å². The standard InChI is InChI=1S/C21H26N6O.HI/c1-3-22-21(23-12-11-17-8-4-5-10-19(17)28-2)24-14-16-7-6-9-18(13-16)20-25-15-26-27-20;/h4-10,13,15H,3,11-12,14H2,1-2H3,(H2,22,23,24)(H,25,26,27);1H. The number of methoxy groups -OCH3 is 1. The lowest BCUT2D eigenvalue weighted by atomic mass is 10.1. The maximum atomic E-state index is 5.41. The van der Waals surface area contributed by atoms with Crippen molar-refractivity contribution in [3.05, 3.63) is 66.0 Å². The van der Waals surface area contributed by atoms with E-state index in [2.05, 4.69) is 50.9 Å². The minimum atomic E-state index is 0. The van der Waals surface area contributed by atoms with Gasteiger partial charge in [-0.3, -0.25) is 5.10 Å². The van der Waals surface area contributed by atoms with Crippen molar-refractivity contribution in [3.63, 3.8) is 0 Å². The van der Waals surface area contributed by atoms with Crippen molar-refractivity contribution in [2.45, 2.75) is 19.9 Å². The fraction of sp³-hybridized carbons (Fsp3) is 0.286. The number of hydrogen-bond donors (Lipinski definition) is 3. The van der Waals surface area contributed by atoms with Crippen LogP contribution in [0.15, 0.2) is 59.9 Å². The summed E-state index contributed by atoms with van der Waals surface area (Å²) < 4.78 is 5.41. The highest BCUT2D eigenvalue weighted by molar-refractivity contribution is 14.0.